The molecule has 0 fully saturated rings. The van der Waals surface area contributed by atoms with E-state index in [0.29, 0.717) is 5.56 Å². The first-order valence-corrected chi connectivity index (χ1v) is 4.50. The van der Waals surface area contributed by atoms with Crippen molar-refractivity contribution in [2.45, 2.75) is 6.54 Å². The molecule has 0 aliphatic heterocycles. The lowest BCUT2D eigenvalue weighted by Crippen LogP contribution is -2.13. The van der Waals surface area contributed by atoms with E-state index in [2.05, 4.69) is 10.3 Å². The zero-order chi connectivity index (χ0) is 12.1. The number of rotatable bonds is 5. The lowest BCUT2D eigenvalue weighted by molar-refractivity contribution is 0.0859. The maximum atomic E-state index is 13.3. The van der Waals surface area contributed by atoms with Crippen molar-refractivity contribution in [3.05, 3.63) is 23.3 Å². The van der Waals surface area contributed by atoms with Gasteiger partial charge in [0.15, 0.2) is 17.3 Å². The summed E-state index contributed by atoms with van der Waals surface area (Å²) in [7, 11) is 4.02. The summed E-state index contributed by atoms with van der Waals surface area (Å²) in [5.41, 5.74) is 2.92. The molecule has 1 aromatic carbocycles. The normalized spacial score (nSPS) is 10.3. The summed E-state index contributed by atoms with van der Waals surface area (Å²) in [6, 6.07) is 1.03. The van der Waals surface area contributed by atoms with E-state index >= 15 is 0 Å². The topological polar surface area (TPSA) is 39.7 Å². The Balaban J connectivity index is 3.20. The lowest BCUT2D eigenvalue weighted by atomic mass is 10.1. The molecule has 0 heterocycles. The van der Waals surface area contributed by atoms with Gasteiger partial charge in [-0.05, 0) is 6.07 Å². The monoisotopic (exact) mass is 233 g/mol. The fourth-order valence-corrected chi connectivity index (χ4v) is 1.32. The second-order valence-corrected chi connectivity index (χ2v) is 2.92. The van der Waals surface area contributed by atoms with E-state index in [1.807, 2.05) is 0 Å². The van der Waals surface area contributed by atoms with Crippen molar-refractivity contribution in [2.24, 2.45) is 0 Å². The van der Waals surface area contributed by atoms with Crippen LogP contribution in [0.25, 0.3) is 0 Å². The van der Waals surface area contributed by atoms with Gasteiger partial charge in [0.2, 0.25) is 5.82 Å². The van der Waals surface area contributed by atoms with Gasteiger partial charge in [-0.2, -0.15) is 9.87 Å². The van der Waals surface area contributed by atoms with E-state index < -0.39 is 11.6 Å². The molecule has 1 rings (SSSR count). The molecule has 0 aliphatic rings. The van der Waals surface area contributed by atoms with E-state index in [9.17, 15) is 8.78 Å². The molecule has 90 valence electrons. The van der Waals surface area contributed by atoms with E-state index in [1.54, 1.807) is 0 Å². The summed E-state index contributed by atoms with van der Waals surface area (Å²) in [5.74, 6) is -2.17. The first-order valence-electron chi connectivity index (χ1n) is 4.50. The van der Waals surface area contributed by atoms with Crippen molar-refractivity contribution in [2.75, 3.05) is 21.3 Å². The second-order valence-electron chi connectivity index (χ2n) is 2.92. The van der Waals surface area contributed by atoms with Crippen molar-refractivity contribution in [3.63, 3.8) is 0 Å². The van der Waals surface area contributed by atoms with Gasteiger partial charge in [-0.25, -0.2) is 4.39 Å². The highest BCUT2D eigenvalue weighted by atomic mass is 19.2. The Bertz CT molecular complexity index is 372. The van der Waals surface area contributed by atoms with Crippen LogP contribution in [0.15, 0.2) is 6.07 Å². The number of benzene rings is 1. The van der Waals surface area contributed by atoms with E-state index in [0.717, 1.165) is 6.07 Å². The third-order valence-electron chi connectivity index (χ3n) is 2.02. The zero-order valence-corrected chi connectivity index (χ0v) is 9.27. The molecule has 6 heteroatoms. The molecule has 16 heavy (non-hydrogen) atoms. The molecule has 0 unspecified atom stereocenters. The van der Waals surface area contributed by atoms with Crippen LogP contribution in [0.2, 0.25) is 0 Å². The van der Waals surface area contributed by atoms with Crippen LogP contribution in [0.3, 0.4) is 0 Å². The SMILES string of the molecule is CONCc1cc(F)c(F)c(OC)c1OC. The molecule has 1 aromatic rings. The first-order chi connectivity index (χ1) is 7.65. The molecule has 0 saturated carbocycles. The van der Waals surface area contributed by atoms with E-state index in [4.69, 9.17) is 9.47 Å². The molecular formula is C10H13F2NO3. The molecule has 0 bridgehead atoms. The Kier molecular flexibility index (Phi) is 4.45. The maximum absolute atomic E-state index is 13.3. The number of hydroxylamine groups is 1. The summed E-state index contributed by atoms with van der Waals surface area (Å²) in [5, 5.41) is 0. The van der Waals surface area contributed by atoms with Crippen LogP contribution >= 0.6 is 0 Å². The number of hydrogen-bond donors (Lipinski definition) is 1. The van der Waals surface area contributed by atoms with Crippen LogP contribution in [0.5, 0.6) is 11.5 Å². The summed E-state index contributed by atoms with van der Waals surface area (Å²) in [6.45, 7) is 0.174. The quantitative estimate of drug-likeness (QED) is 0.785. The Morgan fingerprint density at radius 3 is 2.25 bits per heavy atom. The molecule has 0 radical (unpaired) electrons. The summed E-state index contributed by atoms with van der Waals surface area (Å²) in [4.78, 5) is 4.63. The third kappa shape index (κ3) is 2.40. The predicted molar refractivity (Wildman–Crippen MR) is 53.3 cm³/mol. The standard InChI is InChI=1S/C10H13F2NO3/c1-14-9-6(5-13-16-3)4-7(11)8(12)10(9)15-2/h4,13H,5H2,1-3H3. The summed E-state index contributed by atoms with van der Waals surface area (Å²) < 4.78 is 36.2. The van der Waals surface area contributed by atoms with E-state index in [1.165, 1.54) is 21.3 Å². The molecule has 0 spiro atoms. The maximum Gasteiger partial charge on any atom is 0.204 e. The van der Waals surface area contributed by atoms with Crippen LogP contribution in [0.4, 0.5) is 8.78 Å². The van der Waals surface area contributed by atoms with Gasteiger partial charge in [-0.15, -0.1) is 0 Å². The summed E-state index contributed by atoms with van der Waals surface area (Å²) in [6.07, 6.45) is 0. The minimum absolute atomic E-state index is 0.144. The lowest BCUT2D eigenvalue weighted by Gasteiger charge is -2.14. The number of methoxy groups -OCH3 is 2. The number of nitrogens with one attached hydrogen (secondary N) is 1. The highest BCUT2D eigenvalue weighted by molar-refractivity contribution is 5.48. The molecule has 0 aliphatic carbocycles. The Hall–Kier alpha value is -1.40. The predicted octanol–water partition coefficient (Wildman–Crippen LogP) is 1.63. The van der Waals surface area contributed by atoms with Crippen LogP contribution in [0.1, 0.15) is 5.56 Å². The number of halogens is 2. The van der Waals surface area contributed by atoms with Gasteiger partial charge < -0.3 is 14.3 Å². The molecule has 0 atom stereocenters. The Labute approximate surface area is 92.1 Å². The molecule has 0 amide bonds. The van der Waals surface area contributed by atoms with Gasteiger partial charge in [0.25, 0.3) is 0 Å². The van der Waals surface area contributed by atoms with Gasteiger partial charge in [0.05, 0.1) is 21.3 Å². The van der Waals surface area contributed by atoms with Gasteiger partial charge >= 0.3 is 0 Å². The van der Waals surface area contributed by atoms with Crippen molar-refractivity contribution in [3.8, 4) is 11.5 Å². The molecule has 4 nitrogen and oxygen atoms in total. The third-order valence-corrected chi connectivity index (χ3v) is 2.02. The minimum atomic E-state index is -1.07. The summed E-state index contributed by atoms with van der Waals surface area (Å²) >= 11 is 0. The van der Waals surface area contributed by atoms with Gasteiger partial charge in [-0.1, -0.05) is 0 Å². The highest BCUT2D eigenvalue weighted by Gasteiger charge is 2.19. The van der Waals surface area contributed by atoms with Gasteiger partial charge in [0, 0.05) is 12.1 Å². The van der Waals surface area contributed by atoms with Crippen molar-refractivity contribution in [1.82, 2.24) is 5.48 Å². The van der Waals surface area contributed by atoms with Gasteiger partial charge in [0.1, 0.15) is 0 Å². The average Bonchev–Trinajstić information content (AvgIpc) is 2.29. The second kappa shape index (κ2) is 5.62. The fourth-order valence-electron chi connectivity index (χ4n) is 1.32. The fraction of sp³-hybridized carbons (Fsp3) is 0.400. The highest BCUT2D eigenvalue weighted by Crippen LogP contribution is 2.35. The largest absolute Gasteiger partial charge is 0.492 e. The Morgan fingerprint density at radius 1 is 1.12 bits per heavy atom. The number of hydrogen-bond acceptors (Lipinski definition) is 4. The van der Waals surface area contributed by atoms with Crippen molar-refractivity contribution in [1.29, 1.82) is 0 Å². The average molecular weight is 233 g/mol. The van der Waals surface area contributed by atoms with Crippen molar-refractivity contribution >= 4 is 0 Å². The smallest absolute Gasteiger partial charge is 0.204 e. The van der Waals surface area contributed by atoms with Crippen molar-refractivity contribution < 1.29 is 23.1 Å². The molecular weight excluding hydrogens is 220 g/mol. The molecule has 0 saturated heterocycles. The zero-order valence-electron chi connectivity index (χ0n) is 9.27. The van der Waals surface area contributed by atoms with Crippen LogP contribution < -0.4 is 15.0 Å². The van der Waals surface area contributed by atoms with Gasteiger partial charge in [-0.3, -0.25) is 0 Å². The minimum Gasteiger partial charge on any atom is -0.492 e. The van der Waals surface area contributed by atoms with Crippen LogP contribution in [-0.2, 0) is 11.4 Å². The molecule has 1 N–H and O–H groups in total. The van der Waals surface area contributed by atoms with Crippen LogP contribution in [-0.4, -0.2) is 21.3 Å². The molecule has 0 aromatic heterocycles. The van der Waals surface area contributed by atoms with Crippen LogP contribution in [0, 0.1) is 11.6 Å². The Morgan fingerprint density at radius 2 is 1.75 bits per heavy atom. The number of ether oxygens (including phenoxy) is 2. The van der Waals surface area contributed by atoms with E-state index in [-0.39, 0.29) is 18.0 Å². The first kappa shape index (κ1) is 12.7.